The van der Waals surface area contributed by atoms with Crippen molar-refractivity contribution in [2.75, 3.05) is 0 Å². The highest BCUT2D eigenvalue weighted by Gasteiger charge is 2.29. The number of nitrogens with zero attached hydrogens (tertiary/aromatic N) is 7. The van der Waals surface area contributed by atoms with Gasteiger partial charge in [0, 0.05) is 50.4 Å². The average Bonchev–Trinajstić information content (AvgIpc) is 3.93. The summed E-state index contributed by atoms with van der Waals surface area (Å²) in [5.74, 6) is 1.56. The van der Waals surface area contributed by atoms with Crippen LogP contribution in [0.15, 0.2) is 174 Å². The minimum absolute atomic E-state index is 0.0468. The number of para-hydroxylation sites is 3. The Balaban J connectivity index is 1.33. The summed E-state index contributed by atoms with van der Waals surface area (Å²) < 4.78 is 34.8. The number of rotatable bonds is 5. The Morgan fingerprint density at radius 3 is 1.29 bits per heavy atom. The lowest BCUT2D eigenvalue weighted by Crippen LogP contribution is -2.04. The van der Waals surface area contributed by atoms with Gasteiger partial charge in [0.15, 0.2) is 0 Å². The quantitative estimate of drug-likeness (QED) is 0.172. The zero-order valence-corrected chi connectivity index (χ0v) is 31.3. The summed E-state index contributed by atoms with van der Waals surface area (Å²) in [5, 5.41) is 25.4. The topological polar surface area (TPSA) is 122 Å². The summed E-state index contributed by atoms with van der Waals surface area (Å²) in [4.78, 5) is 9.74. The van der Waals surface area contributed by atoms with Crippen molar-refractivity contribution in [3.8, 4) is 29.5 Å². The van der Waals surface area contributed by atoms with Crippen molar-refractivity contribution in [3.05, 3.63) is 175 Å². The van der Waals surface area contributed by atoms with Gasteiger partial charge < -0.3 is 4.57 Å². The van der Waals surface area contributed by atoms with Gasteiger partial charge >= 0.3 is 0 Å². The number of hydrogen-bond donors (Lipinski definition) is 0. The number of aromatic nitrogens is 5. The fourth-order valence-corrected chi connectivity index (χ4v) is 9.99. The number of nitriles is 2. The third-order valence-corrected chi connectivity index (χ3v) is 12.7. The molecule has 11 aromatic rings. The smallest absolute Gasteiger partial charge is 0.206 e. The molecule has 0 atom stereocenters. The van der Waals surface area contributed by atoms with Gasteiger partial charge in [-0.1, -0.05) is 66.7 Å². The third kappa shape index (κ3) is 4.64. The highest BCUT2D eigenvalue weighted by atomic mass is 32.2. The van der Waals surface area contributed by atoms with E-state index in [-0.39, 0.29) is 20.9 Å². The van der Waals surface area contributed by atoms with E-state index in [1.807, 2.05) is 91.3 Å². The molecule has 272 valence electrons. The summed E-state index contributed by atoms with van der Waals surface area (Å²) >= 11 is 0. The molecule has 5 heterocycles. The molecule has 11 rings (SSSR count). The van der Waals surface area contributed by atoms with E-state index in [1.165, 1.54) is 18.2 Å². The predicted octanol–water partition coefficient (Wildman–Crippen LogP) is 10.3. The molecule has 6 aromatic carbocycles. The number of benzene rings is 6. The molecule has 58 heavy (non-hydrogen) atoms. The minimum Gasteiger partial charge on any atom is -0.308 e. The maximum Gasteiger partial charge on any atom is 0.206 e. The molecular formula is C48H27N7O2S. The highest BCUT2D eigenvalue weighted by Crippen LogP contribution is 2.50. The van der Waals surface area contributed by atoms with Gasteiger partial charge in [-0.2, -0.15) is 10.5 Å². The van der Waals surface area contributed by atoms with Crippen LogP contribution in [0.1, 0.15) is 11.1 Å². The molecule has 0 N–H and O–H groups in total. The van der Waals surface area contributed by atoms with E-state index < -0.39 is 9.84 Å². The number of fused-ring (bicyclic) bond motifs is 12. The SMILES string of the molecule is N#Cc1cc(C#N)cc(S(=O)(=O)c2ccc(-n3c4ccccc4c4c3c3c5ccccc5n(-c5ccccn5)c3c3c5ccccc5n(-c5ccccn5)c43)cc2)c1. The van der Waals surface area contributed by atoms with Crippen LogP contribution in [0.2, 0.25) is 0 Å². The molecule has 5 aromatic heterocycles. The van der Waals surface area contributed by atoms with Gasteiger partial charge in [-0.25, -0.2) is 18.4 Å². The second kappa shape index (κ2) is 12.5. The molecule has 0 saturated heterocycles. The molecule has 0 aliphatic rings. The molecule has 0 saturated carbocycles. The minimum atomic E-state index is -4.08. The fraction of sp³-hybridized carbons (Fsp3) is 0. The van der Waals surface area contributed by atoms with E-state index in [0.29, 0.717) is 0 Å². The molecule has 0 aliphatic carbocycles. The lowest BCUT2D eigenvalue weighted by atomic mass is 10.0. The van der Waals surface area contributed by atoms with E-state index in [4.69, 9.17) is 9.97 Å². The summed E-state index contributed by atoms with van der Waals surface area (Å²) in [6.45, 7) is 0. The van der Waals surface area contributed by atoms with Crippen LogP contribution in [-0.2, 0) is 9.84 Å². The van der Waals surface area contributed by atoms with Gasteiger partial charge in [0.2, 0.25) is 9.84 Å². The maximum absolute atomic E-state index is 14.0. The zero-order valence-electron chi connectivity index (χ0n) is 30.4. The predicted molar refractivity (Wildman–Crippen MR) is 226 cm³/mol. The van der Waals surface area contributed by atoms with Crippen LogP contribution < -0.4 is 0 Å². The second-order valence-corrected chi connectivity index (χ2v) is 16.0. The van der Waals surface area contributed by atoms with Gasteiger partial charge in [0.05, 0.1) is 66.2 Å². The maximum atomic E-state index is 14.0. The van der Waals surface area contributed by atoms with Crippen molar-refractivity contribution in [2.24, 2.45) is 0 Å². The van der Waals surface area contributed by atoms with Gasteiger partial charge in [-0.3, -0.25) is 9.13 Å². The molecule has 0 fully saturated rings. The first-order valence-corrected chi connectivity index (χ1v) is 20.0. The van der Waals surface area contributed by atoms with Gasteiger partial charge in [0.25, 0.3) is 0 Å². The first-order valence-electron chi connectivity index (χ1n) is 18.5. The summed E-state index contributed by atoms with van der Waals surface area (Å²) in [7, 11) is -4.08. The number of sulfone groups is 1. The van der Waals surface area contributed by atoms with Crippen LogP contribution in [0, 0.1) is 22.7 Å². The largest absolute Gasteiger partial charge is 0.308 e. The first-order chi connectivity index (χ1) is 28.5. The van der Waals surface area contributed by atoms with Crippen molar-refractivity contribution in [1.29, 1.82) is 10.5 Å². The van der Waals surface area contributed by atoms with E-state index in [2.05, 4.69) is 68.3 Å². The van der Waals surface area contributed by atoms with E-state index in [9.17, 15) is 18.9 Å². The Hall–Kier alpha value is -8.05. The molecule has 0 unspecified atom stereocenters. The third-order valence-electron chi connectivity index (χ3n) is 11.0. The molecule has 0 bridgehead atoms. The summed E-state index contributed by atoms with van der Waals surface area (Å²) in [6, 6.07) is 51.8. The fourth-order valence-electron chi connectivity index (χ4n) is 8.66. The monoisotopic (exact) mass is 765 g/mol. The van der Waals surface area contributed by atoms with Crippen molar-refractivity contribution in [1.82, 2.24) is 23.7 Å². The van der Waals surface area contributed by atoms with Crippen LogP contribution in [0.25, 0.3) is 82.7 Å². The van der Waals surface area contributed by atoms with Crippen LogP contribution in [0.3, 0.4) is 0 Å². The first kappa shape index (κ1) is 33.3. The van der Waals surface area contributed by atoms with Crippen LogP contribution in [-0.4, -0.2) is 32.1 Å². The van der Waals surface area contributed by atoms with Crippen molar-refractivity contribution in [2.45, 2.75) is 9.79 Å². The Labute approximate surface area is 331 Å². The van der Waals surface area contributed by atoms with Crippen molar-refractivity contribution < 1.29 is 8.42 Å². The van der Waals surface area contributed by atoms with Crippen molar-refractivity contribution >= 4 is 75.3 Å². The lowest BCUT2D eigenvalue weighted by molar-refractivity contribution is 0.596. The van der Waals surface area contributed by atoms with Crippen LogP contribution in [0.5, 0.6) is 0 Å². The molecule has 10 heteroatoms. The number of hydrogen-bond acceptors (Lipinski definition) is 6. The van der Waals surface area contributed by atoms with Gasteiger partial charge in [-0.15, -0.1) is 0 Å². The van der Waals surface area contributed by atoms with Gasteiger partial charge in [0.1, 0.15) is 11.6 Å². The van der Waals surface area contributed by atoms with E-state index >= 15 is 0 Å². The normalized spacial score (nSPS) is 11.9. The molecule has 0 spiro atoms. The standard InChI is InChI=1S/C48H27N7O2S/c49-28-30-25-31(29-50)27-34(26-30)58(56,57)33-21-19-32(20-22-33)53-38-14-4-1-11-35(38)43-46(53)44-36-12-2-5-15-39(36)54(41-17-7-9-23-51-41)48(44)45-37-13-3-6-16-40(37)55(47(43)45)42-18-8-10-24-52-42/h1-27H. The second-order valence-electron chi connectivity index (χ2n) is 14.1. The molecular weight excluding hydrogens is 739 g/mol. The molecule has 0 aliphatic heterocycles. The Morgan fingerprint density at radius 2 is 0.862 bits per heavy atom. The summed E-state index contributed by atoms with van der Waals surface area (Å²) in [6.07, 6.45) is 3.63. The summed E-state index contributed by atoms with van der Waals surface area (Å²) in [5.41, 5.74) is 6.82. The molecule has 9 nitrogen and oxygen atoms in total. The Bertz CT molecular complexity index is 3600. The van der Waals surface area contributed by atoms with Gasteiger partial charge in [-0.05, 0) is 84.9 Å². The highest BCUT2D eigenvalue weighted by molar-refractivity contribution is 7.91. The molecule has 0 amide bonds. The molecule has 0 radical (unpaired) electrons. The zero-order chi connectivity index (χ0) is 39.1. The van der Waals surface area contributed by atoms with E-state index in [0.717, 1.165) is 82.7 Å². The van der Waals surface area contributed by atoms with Crippen LogP contribution in [0.4, 0.5) is 0 Å². The Kier molecular flexibility index (Phi) is 7.17. The van der Waals surface area contributed by atoms with E-state index in [1.54, 1.807) is 12.1 Å². The lowest BCUT2D eigenvalue weighted by Gasteiger charge is -2.13. The average molecular weight is 766 g/mol. The Morgan fingerprint density at radius 1 is 0.448 bits per heavy atom. The van der Waals surface area contributed by atoms with Crippen molar-refractivity contribution in [3.63, 3.8) is 0 Å². The number of pyridine rings is 2. The van der Waals surface area contributed by atoms with Crippen LogP contribution >= 0.6 is 0 Å².